The van der Waals surface area contributed by atoms with Crippen molar-refractivity contribution in [1.29, 1.82) is 0 Å². The number of aromatic nitrogens is 2. The molecule has 39 heavy (non-hydrogen) atoms. The van der Waals surface area contributed by atoms with E-state index in [1.807, 2.05) is 4.98 Å². The summed E-state index contributed by atoms with van der Waals surface area (Å²) in [5.41, 5.74) is 0.669. The maximum absolute atomic E-state index is 14.3. The highest BCUT2D eigenvalue weighted by molar-refractivity contribution is 7.52. The average molecular weight is 573 g/mol. The number of nitrogens with zero attached hydrogens (tertiary/aromatic N) is 1. The molecule has 0 spiro atoms. The van der Waals surface area contributed by atoms with Crippen molar-refractivity contribution in [3.05, 3.63) is 63.4 Å². The molecule has 1 fully saturated rings. The average Bonchev–Trinajstić information content (AvgIpc) is 3.10. The fraction of sp³-hybridized carbons (Fsp3) is 0.542. The van der Waals surface area contributed by atoms with E-state index >= 15 is 0 Å². The second kappa shape index (κ2) is 11.7. The molecular weight excluding hydrogens is 538 g/mol. The van der Waals surface area contributed by atoms with Crippen molar-refractivity contribution < 1.29 is 37.4 Å². The Hall–Kier alpha value is -2.87. The van der Waals surface area contributed by atoms with Gasteiger partial charge in [-0.05, 0) is 46.8 Å². The normalized spacial score (nSPS) is 25.7. The van der Waals surface area contributed by atoms with E-state index in [4.69, 9.17) is 24.3 Å². The summed E-state index contributed by atoms with van der Waals surface area (Å²) in [6.45, 7) is 6.14. The van der Waals surface area contributed by atoms with Crippen LogP contribution in [0.3, 0.4) is 0 Å². The van der Waals surface area contributed by atoms with Gasteiger partial charge in [-0.1, -0.05) is 18.2 Å². The zero-order valence-corrected chi connectivity index (χ0v) is 23.1. The van der Waals surface area contributed by atoms with Crippen molar-refractivity contribution in [3.8, 4) is 5.75 Å². The van der Waals surface area contributed by atoms with Gasteiger partial charge in [-0.3, -0.25) is 23.7 Å². The van der Waals surface area contributed by atoms with Crippen molar-refractivity contribution in [2.24, 2.45) is 5.73 Å². The van der Waals surface area contributed by atoms with Crippen LogP contribution in [-0.4, -0.2) is 62.8 Å². The SMILES string of the molecule is CC(C)OC(=O)[C@H](C)N[P@](=O)(Oc1ccccc1)OC(C)(C)[C@H]1O[C@@H](n2ccc(=O)[nH]c2=O)[C@@](N)(CF)C1O. The van der Waals surface area contributed by atoms with E-state index < -0.39 is 73.4 Å². The zero-order valence-electron chi connectivity index (χ0n) is 22.2. The predicted octanol–water partition coefficient (Wildman–Crippen LogP) is 1.37. The third-order valence-corrected chi connectivity index (χ3v) is 7.84. The number of nitrogens with two attached hydrogens (primary N) is 1. The Kier molecular flexibility index (Phi) is 9.20. The lowest BCUT2D eigenvalue weighted by Crippen LogP contribution is -2.59. The molecule has 15 heteroatoms. The Morgan fingerprint density at radius 1 is 1.28 bits per heavy atom. The van der Waals surface area contributed by atoms with Gasteiger partial charge in [-0.25, -0.2) is 13.8 Å². The standard InChI is InChI=1S/C24H34FN4O9P/c1-14(2)35-20(32)15(3)28-39(34,37-16-9-7-6-8-10-16)38-23(4,5)19-18(31)24(26,13-25)21(36-19)29-12-11-17(30)27-22(29)33/h6-12,14-15,18-19,21,31H,13,26H2,1-5H3,(H,28,34)(H,27,30,33)/t15-,18?,19-,21+,24+,39-/m0/s1. The molecule has 13 nitrogen and oxygen atoms in total. The molecule has 2 heterocycles. The molecule has 1 aliphatic heterocycles. The van der Waals surface area contributed by atoms with Gasteiger partial charge in [0.05, 0.1) is 6.10 Å². The number of aliphatic hydroxyl groups excluding tert-OH is 1. The molecule has 1 aromatic heterocycles. The monoisotopic (exact) mass is 572 g/mol. The molecule has 1 aromatic carbocycles. The number of carbonyl (C=O) groups is 1. The molecule has 0 saturated carbocycles. The number of hydrogen-bond donors (Lipinski definition) is 4. The number of alkyl halides is 1. The van der Waals surface area contributed by atoms with E-state index in [0.717, 1.165) is 16.8 Å². The number of benzene rings is 1. The van der Waals surface area contributed by atoms with Gasteiger partial charge in [0.2, 0.25) is 0 Å². The number of H-pyrrole nitrogens is 1. The molecule has 5 N–H and O–H groups in total. The van der Waals surface area contributed by atoms with Crippen molar-refractivity contribution >= 4 is 13.7 Å². The van der Waals surface area contributed by atoms with Gasteiger partial charge in [0, 0.05) is 12.3 Å². The molecule has 0 bridgehead atoms. The first-order valence-corrected chi connectivity index (χ1v) is 13.7. The molecule has 2 aromatic rings. The Balaban J connectivity index is 1.96. The molecule has 3 rings (SSSR count). The lowest BCUT2D eigenvalue weighted by molar-refractivity contribution is -0.149. The fourth-order valence-corrected chi connectivity index (χ4v) is 5.92. The molecule has 1 unspecified atom stereocenters. The number of hydrogen-bond acceptors (Lipinski definition) is 10. The van der Waals surface area contributed by atoms with Crippen molar-refractivity contribution in [2.75, 3.05) is 6.67 Å². The highest BCUT2D eigenvalue weighted by Gasteiger charge is 2.61. The lowest BCUT2D eigenvalue weighted by atomic mass is 9.86. The minimum absolute atomic E-state index is 0.135. The largest absolute Gasteiger partial charge is 0.462 e. The van der Waals surface area contributed by atoms with Crippen LogP contribution in [0.1, 0.15) is 40.8 Å². The Labute approximate surface area is 224 Å². The number of para-hydroxylation sites is 1. The Bertz CT molecular complexity index is 1320. The number of halogens is 1. The van der Waals surface area contributed by atoms with Gasteiger partial charge < -0.3 is 24.8 Å². The van der Waals surface area contributed by atoms with E-state index in [-0.39, 0.29) is 5.75 Å². The quantitative estimate of drug-likeness (QED) is 0.225. The van der Waals surface area contributed by atoms with E-state index in [1.54, 1.807) is 32.0 Å². The fourth-order valence-electron chi connectivity index (χ4n) is 4.07. The van der Waals surface area contributed by atoms with Gasteiger partial charge in [-0.2, -0.15) is 5.09 Å². The molecular formula is C24H34FN4O9P. The first-order chi connectivity index (χ1) is 18.1. The summed E-state index contributed by atoms with van der Waals surface area (Å²) < 4.78 is 51.7. The summed E-state index contributed by atoms with van der Waals surface area (Å²) in [4.78, 5) is 38.4. The molecule has 0 radical (unpaired) electrons. The van der Waals surface area contributed by atoms with Gasteiger partial charge in [0.1, 0.15) is 41.8 Å². The van der Waals surface area contributed by atoms with E-state index in [2.05, 4.69) is 5.09 Å². The summed E-state index contributed by atoms with van der Waals surface area (Å²) in [5.74, 6) is -0.590. The van der Waals surface area contributed by atoms with Gasteiger partial charge in [-0.15, -0.1) is 0 Å². The number of ether oxygens (including phenoxy) is 2. The zero-order chi connectivity index (χ0) is 29.2. The van der Waals surface area contributed by atoms with E-state index in [9.17, 15) is 28.4 Å². The lowest BCUT2D eigenvalue weighted by Gasteiger charge is -2.37. The molecule has 1 aliphatic rings. The molecule has 0 aliphatic carbocycles. The van der Waals surface area contributed by atoms with E-state index in [1.165, 1.54) is 32.9 Å². The van der Waals surface area contributed by atoms with Crippen LogP contribution < -0.4 is 26.6 Å². The number of esters is 1. The Morgan fingerprint density at radius 2 is 1.92 bits per heavy atom. The molecule has 1 saturated heterocycles. The van der Waals surface area contributed by atoms with Crippen LogP contribution in [0.4, 0.5) is 4.39 Å². The maximum atomic E-state index is 14.3. The summed E-state index contributed by atoms with van der Waals surface area (Å²) in [6.07, 6.45) is -4.21. The Morgan fingerprint density at radius 3 is 2.49 bits per heavy atom. The summed E-state index contributed by atoms with van der Waals surface area (Å²) in [5, 5.41) is 13.6. The van der Waals surface area contributed by atoms with Crippen LogP contribution in [0, 0.1) is 0 Å². The van der Waals surface area contributed by atoms with Crippen LogP contribution >= 0.6 is 7.75 Å². The third-order valence-electron chi connectivity index (χ3n) is 5.97. The van der Waals surface area contributed by atoms with Gasteiger partial charge in [0.15, 0.2) is 6.23 Å². The third kappa shape index (κ3) is 6.83. The van der Waals surface area contributed by atoms with Crippen LogP contribution in [0.2, 0.25) is 0 Å². The topological polar surface area (TPSA) is 184 Å². The smallest absolute Gasteiger partial charge is 0.460 e. The van der Waals surface area contributed by atoms with Crippen molar-refractivity contribution in [2.45, 2.75) is 76.3 Å². The highest BCUT2D eigenvalue weighted by atomic mass is 31.2. The van der Waals surface area contributed by atoms with Crippen LogP contribution in [-0.2, 0) is 23.4 Å². The minimum Gasteiger partial charge on any atom is -0.462 e. The summed E-state index contributed by atoms with van der Waals surface area (Å²) >= 11 is 0. The number of carbonyl (C=O) groups excluding carboxylic acids is 1. The minimum atomic E-state index is -4.45. The number of aliphatic hydroxyl groups is 1. The number of nitrogens with one attached hydrogen (secondary N) is 2. The second-order valence-corrected chi connectivity index (χ2v) is 11.7. The molecule has 6 atom stereocenters. The van der Waals surface area contributed by atoms with E-state index in [0.29, 0.717) is 0 Å². The maximum Gasteiger partial charge on any atom is 0.460 e. The van der Waals surface area contributed by atoms with Crippen LogP contribution in [0.25, 0.3) is 0 Å². The van der Waals surface area contributed by atoms with Crippen LogP contribution in [0.15, 0.2) is 52.2 Å². The second-order valence-electron chi connectivity index (χ2n) is 10.1. The summed E-state index contributed by atoms with van der Waals surface area (Å²) in [6, 6.07) is 7.83. The van der Waals surface area contributed by atoms with Crippen molar-refractivity contribution in [3.63, 3.8) is 0 Å². The molecule has 0 amide bonds. The van der Waals surface area contributed by atoms with Crippen molar-refractivity contribution in [1.82, 2.24) is 14.6 Å². The van der Waals surface area contributed by atoms with Gasteiger partial charge >= 0.3 is 19.4 Å². The first kappa shape index (κ1) is 30.7. The number of aromatic amines is 1. The predicted molar refractivity (Wildman–Crippen MR) is 138 cm³/mol. The van der Waals surface area contributed by atoms with Crippen LogP contribution in [0.5, 0.6) is 5.75 Å². The highest BCUT2D eigenvalue weighted by Crippen LogP contribution is 2.52. The summed E-state index contributed by atoms with van der Waals surface area (Å²) in [7, 11) is -4.45. The number of rotatable bonds is 11. The first-order valence-electron chi connectivity index (χ1n) is 12.2. The van der Waals surface area contributed by atoms with Gasteiger partial charge in [0.25, 0.3) is 5.56 Å². The molecule has 216 valence electrons.